The number of hydrogen-bond donors (Lipinski definition) is 2. The van der Waals surface area contributed by atoms with E-state index in [-0.39, 0.29) is 5.16 Å². The van der Waals surface area contributed by atoms with Crippen LogP contribution < -0.4 is 5.14 Å². The second-order valence-corrected chi connectivity index (χ2v) is 5.40. The Kier molecular flexibility index (Phi) is 3.73. The van der Waals surface area contributed by atoms with Gasteiger partial charge in [-0.3, -0.25) is 5.10 Å². The molecule has 0 saturated carbocycles. The molecule has 0 bridgehead atoms. The zero-order valence-corrected chi connectivity index (χ0v) is 10.5. The molecule has 0 aliphatic rings. The quantitative estimate of drug-likeness (QED) is 0.828. The third-order valence-corrected chi connectivity index (χ3v) is 3.18. The zero-order valence-electron chi connectivity index (χ0n) is 9.70. The molecule has 7 heteroatoms. The number of aryl methyl sites for hydroxylation is 2. The van der Waals surface area contributed by atoms with Gasteiger partial charge in [-0.1, -0.05) is 30.3 Å². The van der Waals surface area contributed by atoms with E-state index in [9.17, 15) is 8.42 Å². The molecule has 0 amide bonds. The van der Waals surface area contributed by atoms with Crippen LogP contribution in [0.3, 0.4) is 0 Å². The van der Waals surface area contributed by atoms with Crippen LogP contribution in [0.2, 0.25) is 0 Å². The zero-order chi connectivity index (χ0) is 13.0. The Labute approximate surface area is 105 Å². The van der Waals surface area contributed by atoms with Gasteiger partial charge in [0.2, 0.25) is 0 Å². The van der Waals surface area contributed by atoms with Crippen LogP contribution in [-0.2, 0) is 22.9 Å². The molecule has 0 aliphatic heterocycles. The van der Waals surface area contributed by atoms with E-state index in [1.165, 1.54) is 5.56 Å². The van der Waals surface area contributed by atoms with Crippen LogP contribution in [0.4, 0.5) is 0 Å². The Hall–Kier alpha value is -1.73. The van der Waals surface area contributed by atoms with Gasteiger partial charge in [0.05, 0.1) is 0 Å². The summed E-state index contributed by atoms with van der Waals surface area (Å²) in [5.74, 6) is 0.537. The first kappa shape index (κ1) is 12.7. The second-order valence-electron chi connectivity index (χ2n) is 3.95. The Morgan fingerprint density at radius 1 is 1.17 bits per heavy atom. The van der Waals surface area contributed by atoms with Crippen molar-refractivity contribution < 1.29 is 8.42 Å². The van der Waals surface area contributed by atoms with Crippen molar-refractivity contribution in [2.45, 2.75) is 24.4 Å². The van der Waals surface area contributed by atoms with E-state index in [1.54, 1.807) is 0 Å². The largest absolute Gasteiger partial charge is 0.282 e. The first-order valence-corrected chi connectivity index (χ1v) is 7.08. The molecular formula is C11H14N4O2S. The molecule has 6 nitrogen and oxygen atoms in total. The number of nitrogens with one attached hydrogen (secondary N) is 1. The van der Waals surface area contributed by atoms with E-state index < -0.39 is 10.0 Å². The van der Waals surface area contributed by atoms with Crippen molar-refractivity contribution in [1.82, 2.24) is 15.2 Å². The summed E-state index contributed by atoms with van der Waals surface area (Å²) in [6.07, 6.45) is 2.41. The monoisotopic (exact) mass is 266 g/mol. The van der Waals surface area contributed by atoms with Gasteiger partial charge >= 0.3 is 0 Å². The lowest BCUT2D eigenvalue weighted by Gasteiger charge is -1.98. The third kappa shape index (κ3) is 3.38. The number of primary sulfonamides is 1. The number of rotatable bonds is 5. The second kappa shape index (κ2) is 5.28. The highest BCUT2D eigenvalue weighted by Gasteiger charge is 2.14. The van der Waals surface area contributed by atoms with E-state index in [1.807, 2.05) is 18.2 Å². The van der Waals surface area contributed by atoms with E-state index in [4.69, 9.17) is 5.14 Å². The van der Waals surface area contributed by atoms with Gasteiger partial charge in [0, 0.05) is 6.42 Å². The fraction of sp³-hybridized carbons (Fsp3) is 0.273. The fourth-order valence-electron chi connectivity index (χ4n) is 1.62. The average molecular weight is 266 g/mol. The smallest absolute Gasteiger partial charge is 0.262 e. The van der Waals surface area contributed by atoms with Gasteiger partial charge in [-0.2, -0.15) is 0 Å². The highest BCUT2D eigenvalue weighted by molar-refractivity contribution is 7.89. The molecule has 3 N–H and O–H groups in total. The predicted octanol–water partition coefficient (Wildman–Crippen LogP) is 0.627. The topological polar surface area (TPSA) is 102 Å². The standard InChI is InChI=1S/C11H14N4O2S/c12-18(16,17)11-13-10(14-15-11)8-4-7-9-5-2-1-3-6-9/h1-3,5-6H,4,7-8H2,(H2,12,16,17)(H,13,14,15). The first-order chi connectivity index (χ1) is 8.55. The maximum Gasteiger partial charge on any atom is 0.282 e. The molecule has 0 aliphatic carbocycles. The minimum Gasteiger partial charge on any atom is -0.262 e. The summed E-state index contributed by atoms with van der Waals surface area (Å²) >= 11 is 0. The maximum absolute atomic E-state index is 11.0. The minimum atomic E-state index is -3.81. The van der Waals surface area contributed by atoms with Gasteiger partial charge in [-0.15, -0.1) is 5.10 Å². The van der Waals surface area contributed by atoms with Crippen molar-refractivity contribution in [3.8, 4) is 0 Å². The van der Waals surface area contributed by atoms with Crippen molar-refractivity contribution in [3.63, 3.8) is 0 Å². The number of hydrogen-bond acceptors (Lipinski definition) is 4. The lowest BCUT2D eigenvalue weighted by atomic mass is 10.1. The highest BCUT2D eigenvalue weighted by atomic mass is 32.2. The van der Waals surface area contributed by atoms with Crippen LogP contribution in [0.5, 0.6) is 0 Å². The molecule has 1 aromatic heterocycles. The van der Waals surface area contributed by atoms with Gasteiger partial charge in [0.1, 0.15) is 5.82 Å². The van der Waals surface area contributed by atoms with Gasteiger partial charge in [-0.05, 0) is 18.4 Å². The molecule has 1 heterocycles. The highest BCUT2D eigenvalue weighted by Crippen LogP contribution is 2.06. The summed E-state index contributed by atoms with van der Waals surface area (Å²) in [6, 6.07) is 10.1. The number of nitrogens with two attached hydrogens (primary N) is 1. The van der Waals surface area contributed by atoms with E-state index in [0.717, 1.165) is 12.8 Å². The van der Waals surface area contributed by atoms with Crippen molar-refractivity contribution in [2.24, 2.45) is 5.14 Å². The summed E-state index contributed by atoms with van der Waals surface area (Å²) in [7, 11) is -3.81. The molecule has 2 rings (SSSR count). The number of sulfonamides is 1. The number of nitrogens with zero attached hydrogens (tertiary/aromatic N) is 2. The predicted molar refractivity (Wildman–Crippen MR) is 66.2 cm³/mol. The average Bonchev–Trinajstić information content (AvgIpc) is 2.79. The van der Waals surface area contributed by atoms with Crippen LogP contribution in [0.15, 0.2) is 35.5 Å². The fourth-order valence-corrected chi connectivity index (χ4v) is 2.03. The Bertz CT molecular complexity index is 607. The van der Waals surface area contributed by atoms with Crippen molar-refractivity contribution in [3.05, 3.63) is 41.7 Å². The number of aromatic amines is 1. The lowest BCUT2D eigenvalue weighted by Crippen LogP contribution is -2.13. The summed E-state index contributed by atoms with van der Waals surface area (Å²) in [5, 5.41) is 10.7. The molecule has 1 aromatic carbocycles. The van der Waals surface area contributed by atoms with Gasteiger partial charge in [-0.25, -0.2) is 18.5 Å². The molecule has 0 fully saturated rings. The molecule has 96 valence electrons. The third-order valence-electron chi connectivity index (χ3n) is 2.49. The molecule has 18 heavy (non-hydrogen) atoms. The SMILES string of the molecule is NS(=O)(=O)c1n[nH]c(CCCc2ccccc2)n1. The lowest BCUT2D eigenvalue weighted by molar-refractivity contribution is 0.589. The maximum atomic E-state index is 11.0. The van der Waals surface area contributed by atoms with Gasteiger partial charge < -0.3 is 0 Å². The summed E-state index contributed by atoms with van der Waals surface area (Å²) in [4.78, 5) is 3.83. The molecule has 2 aromatic rings. The number of benzene rings is 1. The minimum absolute atomic E-state index is 0.350. The van der Waals surface area contributed by atoms with Crippen LogP contribution in [0.1, 0.15) is 17.8 Å². The van der Waals surface area contributed by atoms with Crippen LogP contribution in [0, 0.1) is 0 Å². The Morgan fingerprint density at radius 2 is 1.89 bits per heavy atom. The van der Waals surface area contributed by atoms with Crippen molar-refractivity contribution in [1.29, 1.82) is 0 Å². The Morgan fingerprint density at radius 3 is 2.50 bits per heavy atom. The molecule has 0 radical (unpaired) electrons. The van der Waals surface area contributed by atoms with Gasteiger partial charge in [0.25, 0.3) is 15.2 Å². The summed E-state index contributed by atoms with van der Waals surface area (Å²) in [6.45, 7) is 0. The van der Waals surface area contributed by atoms with Crippen LogP contribution in [0.25, 0.3) is 0 Å². The number of aromatic nitrogens is 3. The molecule has 0 saturated heterocycles. The normalized spacial score (nSPS) is 11.6. The van der Waals surface area contributed by atoms with Crippen LogP contribution >= 0.6 is 0 Å². The van der Waals surface area contributed by atoms with E-state index >= 15 is 0 Å². The molecular weight excluding hydrogens is 252 g/mol. The molecule has 0 unspecified atom stereocenters. The first-order valence-electron chi connectivity index (χ1n) is 5.54. The van der Waals surface area contributed by atoms with Crippen molar-refractivity contribution in [2.75, 3.05) is 0 Å². The van der Waals surface area contributed by atoms with Crippen molar-refractivity contribution >= 4 is 10.0 Å². The van der Waals surface area contributed by atoms with E-state index in [0.29, 0.717) is 12.2 Å². The summed E-state index contributed by atoms with van der Waals surface area (Å²) in [5.41, 5.74) is 1.24. The van der Waals surface area contributed by atoms with E-state index in [2.05, 4.69) is 27.3 Å². The summed E-state index contributed by atoms with van der Waals surface area (Å²) < 4.78 is 21.9. The Balaban J connectivity index is 1.90. The number of H-pyrrole nitrogens is 1. The van der Waals surface area contributed by atoms with Crippen LogP contribution in [-0.4, -0.2) is 23.6 Å². The van der Waals surface area contributed by atoms with Gasteiger partial charge in [0.15, 0.2) is 0 Å². The molecule has 0 spiro atoms. The molecule has 0 atom stereocenters.